The van der Waals surface area contributed by atoms with Crippen LogP contribution in [0.2, 0.25) is 0 Å². The Kier molecular flexibility index (Phi) is 8.69. The van der Waals surface area contributed by atoms with E-state index in [-0.39, 0.29) is 13.0 Å². The summed E-state index contributed by atoms with van der Waals surface area (Å²) < 4.78 is 30.1. The lowest BCUT2D eigenvalue weighted by atomic mass is 9.84. The number of ether oxygens (including phenoxy) is 3. The van der Waals surface area contributed by atoms with E-state index in [4.69, 9.17) is 37.1 Å². The molecule has 0 bridgehead atoms. The number of rotatable bonds is 7. The zero-order valence-electron chi connectivity index (χ0n) is 17.9. The van der Waals surface area contributed by atoms with Crippen molar-refractivity contribution in [2.24, 2.45) is 22.9 Å². The number of anilines is 1. The molecule has 10 atom stereocenters. The molecule has 0 radical (unpaired) electrons. The third-order valence-corrected chi connectivity index (χ3v) is 5.87. The van der Waals surface area contributed by atoms with E-state index in [0.29, 0.717) is 5.69 Å². The number of aliphatic hydroxyl groups excluding tert-OH is 3. The summed E-state index contributed by atoms with van der Waals surface area (Å²) in [6, 6.07) is 2.56. The van der Waals surface area contributed by atoms with Crippen LogP contribution >= 0.6 is 0 Å². The van der Waals surface area contributed by atoms with Crippen molar-refractivity contribution >= 4 is 11.6 Å². The van der Waals surface area contributed by atoms with Crippen molar-refractivity contribution in [2.45, 2.75) is 67.5 Å². The summed E-state index contributed by atoms with van der Waals surface area (Å²) in [6.07, 6.45) is -7.99. The SMILES string of the molecule is NC[C@H]1O[C@H](O[C@H]2[C@H](OCC(=O)Nc3ccc(F)cc3)[C@@H](O)[C@H](N)C[C@@H]2N)[C@H](N)[C@@H](O)[C@@H]1O. The number of nitrogens with one attached hydrogen (secondary N) is 1. The maximum atomic E-state index is 13.0. The number of halogens is 1. The van der Waals surface area contributed by atoms with Gasteiger partial charge in [0.15, 0.2) is 6.29 Å². The molecule has 33 heavy (non-hydrogen) atoms. The Morgan fingerprint density at radius 1 is 1.06 bits per heavy atom. The zero-order chi connectivity index (χ0) is 24.3. The molecular weight excluding hydrogens is 441 g/mol. The molecule has 1 heterocycles. The Hall–Kier alpha value is -1.78. The van der Waals surface area contributed by atoms with Crippen LogP contribution in [0.3, 0.4) is 0 Å². The molecule has 2 fully saturated rings. The first kappa shape index (κ1) is 25.8. The number of nitrogens with two attached hydrogens (primary N) is 4. The van der Waals surface area contributed by atoms with Crippen molar-refractivity contribution in [2.75, 3.05) is 18.5 Å². The molecule has 1 aromatic rings. The summed E-state index contributed by atoms with van der Waals surface area (Å²) in [5.74, 6) is -1.01. The number of carbonyl (C=O) groups excluding carboxylic acids is 1. The number of benzene rings is 1. The lowest BCUT2D eigenvalue weighted by Crippen LogP contribution is -2.67. The lowest BCUT2D eigenvalue weighted by Gasteiger charge is -2.46. The van der Waals surface area contributed by atoms with Crippen LogP contribution in [0.1, 0.15) is 6.42 Å². The minimum atomic E-state index is -1.37. The molecule has 12 N–H and O–H groups in total. The van der Waals surface area contributed by atoms with Crippen molar-refractivity contribution in [1.82, 2.24) is 0 Å². The molecule has 0 aromatic heterocycles. The first-order valence-electron chi connectivity index (χ1n) is 10.6. The summed E-state index contributed by atoms with van der Waals surface area (Å²) in [4.78, 5) is 12.3. The van der Waals surface area contributed by atoms with Gasteiger partial charge in [-0.15, -0.1) is 0 Å². The van der Waals surface area contributed by atoms with Crippen LogP contribution < -0.4 is 28.3 Å². The van der Waals surface area contributed by atoms with E-state index in [9.17, 15) is 24.5 Å². The molecule has 2 aliphatic rings. The standard InChI is InChI=1S/C20H32FN5O7/c21-8-1-3-9(4-2-8)26-13(27)7-31-19-15(28)10(23)5-11(24)18(19)33-20-14(25)17(30)16(29)12(6-22)32-20/h1-4,10-12,14-20,28-30H,5-7,22-25H2,(H,26,27)/t10-,11+,12-,14-,15+,16-,17-,18-,19-,20-/m1/s1. The van der Waals surface area contributed by atoms with E-state index in [1.807, 2.05) is 0 Å². The molecular formula is C20H32FN5O7. The van der Waals surface area contributed by atoms with E-state index < -0.39 is 79.4 Å². The first-order chi connectivity index (χ1) is 15.6. The average molecular weight is 474 g/mol. The molecule has 13 heteroatoms. The number of amides is 1. The van der Waals surface area contributed by atoms with Crippen molar-refractivity contribution in [3.05, 3.63) is 30.1 Å². The highest BCUT2D eigenvalue weighted by molar-refractivity contribution is 5.91. The van der Waals surface area contributed by atoms with Gasteiger partial charge >= 0.3 is 0 Å². The third-order valence-electron chi connectivity index (χ3n) is 5.87. The quantitative estimate of drug-likeness (QED) is 0.196. The molecule has 0 spiro atoms. The maximum absolute atomic E-state index is 13.0. The van der Waals surface area contributed by atoms with Gasteiger partial charge in [0.25, 0.3) is 0 Å². The van der Waals surface area contributed by atoms with Crippen molar-refractivity contribution in [3.63, 3.8) is 0 Å². The molecule has 186 valence electrons. The third kappa shape index (κ3) is 6.02. The fourth-order valence-electron chi connectivity index (χ4n) is 3.97. The molecule has 3 rings (SSSR count). The monoisotopic (exact) mass is 473 g/mol. The van der Waals surface area contributed by atoms with Crippen LogP contribution in [0.15, 0.2) is 24.3 Å². The van der Waals surface area contributed by atoms with Gasteiger partial charge in [-0.05, 0) is 30.7 Å². The van der Waals surface area contributed by atoms with E-state index >= 15 is 0 Å². The second kappa shape index (κ2) is 11.1. The first-order valence-corrected chi connectivity index (χ1v) is 10.6. The van der Waals surface area contributed by atoms with Gasteiger partial charge in [-0.2, -0.15) is 0 Å². The number of carbonyl (C=O) groups is 1. The van der Waals surface area contributed by atoms with Gasteiger partial charge in [0.2, 0.25) is 5.91 Å². The second-order valence-corrected chi connectivity index (χ2v) is 8.32. The Balaban J connectivity index is 1.68. The average Bonchev–Trinajstić information content (AvgIpc) is 2.78. The normalized spacial score (nSPS) is 39.3. The van der Waals surface area contributed by atoms with Gasteiger partial charge in [0.1, 0.15) is 42.9 Å². The van der Waals surface area contributed by atoms with E-state index in [0.717, 1.165) is 0 Å². The minimum Gasteiger partial charge on any atom is -0.389 e. The molecule has 1 aliphatic carbocycles. The Labute approximate surface area is 189 Å². The predicted molar refractivity (Wildman–Crippen MR) is 114 cm³/mol. The van der Waals surface area contributed by atoms with E-state index in [1.165, 1.54) is 24.3 Å². The van der Waals surface area contributed by atoms with Crippen molar-refractivity contribution < 1.29 is 38.7 Å². The highest BCUT2D eigenvalue weighted by Crippen LogP contribution is 2.28. The van der Waals surface area contributed by atoms with Gasteiger partial charge in [-0.1, -0.05) is 0 Å². The Bertz CT molecular complexity index is 789. The summed E-state index contributed by atoms with van der Waals surface area (Å²) in [6.45, 7) is -0.582. The van der Waals surface area contributed by atoms with Gasteiger partial charge in [0.05, 0.1) is 12.1 Å². The topological polar surface area (TPSA) is 222 Å². The second-order valence-electron chi connectivity index (χ2n) is 8.32. The minimum absolute atomic E-state index is 0.0987. The van der Waals surface area contributed by atoms with E-state index in [1.54, 1.807) is 0 Å². The van der Waals surface area contributed by atoms with E-state index in [2.05, 4.69) is 5.32 Å². The molecule has 1 aromatic carbocycles. The van der Waals surface area contributed by atoms with Crippen LogP contribution in [0, 0.1) is 5.82 Å². The number of hydrogen-bond acceptors (Lipinski definition) is 11. The smallest absolute Gasteiger partial charge is 0.250 e. The van der Waals surface area contributed by atoms with Crippen LogP contribution in [0.25, 0.3) is 0 Å². The van der Waals surface area contributed by atoms with Crippen LogP contribution in [0.4, 0.5) is 10.1 Å². The summed E-state index contributed by atoms with van der Waals surface area (Å²) in [5.41, 5.74) is 24.1. The van der Waals surface area contributed by atoms with Crippen molar-refractivity contribution in [3.8, 4) is 0 Å². The van der Waals surface area contributed by atoms with Crippen LogP contribution in [-0.2, 0) is 19.0 Å². The van der Waals surface area contributed by atoms with Gasteiger partial charge in [-0.25, -0.2) is 4.39 Å². The fourth-order valence-corrected chi connectivity index (χ4v) is 3.97. The Morgan fingerprint density at radius 3 is 2.36 bits per heavy atom. The molecule has 1 amide bonds. The zero-order valence-corrected chi connectivity index (χ0v) is 17.9. The molecule has 1 saturated heterocycles. The number of aliphatic hydroxyl groups is 3. The maximum Gasteiger partial charge on any atom is 0.250 e. The van der Waals surface area contributed by atoms with Crippen molar-refractivity contribution in [1.29, 1.82) is 0 Å². The highest BCUT2D eigenvalue weighted by atomic mass is 19.1. The molecule has 1 aliphatic heterocycles. The van der Waals surface area contributed by atoms with Crippen LogP contribution in [-0.4, -0.2) is 95.4 Å². The Morgan fingerprint density at radius 2 is 1.73 bits per heavy atom. The number of hydrogen-bond donors (Lipinski definition) is 8. The predicted octanol–water partition coefficient (Wildman–Crippen LogP) is -3.31. The van der Waals surface area contributed by atoms with Gasteiger partial charge in [0, 0.05) is 24.3 Å². The fraction of sp³-hybridized carbons (Fsp3) is 0.650. The lowest BCUT2D eigenvalue weighted by molar-refractivity contribution is -0.290. The molecule has 0 unspecified atom stereocenters. The highest BCUT2D eigenvalue weighted by Gasteiger charge is 2.48. The van der Waals surface area contributed by atoms with Gasteiger partial charge in [-0.3, -0.25) is 4.79 Å². The molecule has 12 nitrogen and oxygen atoms in total. The van der Waals surface area contributed by atoms with Gasteiger partial charge < -0.3 is 57.8 Å². The summed E-state index contributed by atoms with van der Waals surface area (Å²) >= 11 is 0. The largest absolute Gasteiger partial charge is 0.389 e. The summed E-state index contributed by atoms with van der Waals surface area (Å²) in [7, 11) is 0. The molecule has 1 saturated carbocycles. The summed E-state index contributed by atoms with van der Waals surface area (Å²) in [5, 5.41) is 33.4. The van der Waals surface area contributed by atoms with Crippen LogP contribution in [0.5, 0.6) is 0 Å².